The maximum absolute atomic E-state index is 13.6. The van der Waals surface area contributed by atoms with Crippen LogP contribution in [-0.2, 0) is 4.79 Å². The van der Waals surface area contributed by atoms with Crippen LogP contribution in [0.15, 0.2) is 29.1 Å². The van der Waals surface area contributed by atoms with E-state index in [2.05, 4.69) is 26.0 Å². The number of nitrogens with zero attached hydrogens (tertiary/aromatic N) is 4. The highest BCUT2D eigenvalue weighted by Gasteiger charge is 2.30. The van der Waals surface area contributed by atoms with Gasteiger partial charge in [0.05, 0.1) is 28.5 Å². The minimum Gasteiger partial charge on any atom is -0.481 e. The summed E-state index contributed by atoms with van der Waals surface area (Å²) in [5, 5.41) is 13.5. The van der Waals surface area contributed by atoms with Crippen LogP contribution in [0.2, 0.25) is 0 Å². The Hall–Kier alpha value is -2.55. The second kappa shape index (κ2) is 6.88. The summed E-state index contributed by atoms with van der Waals surface area (Å²) >= 11 is 3.52. The van der Waals surface area contributed by atoms with Gasteiger partial charge in [-0.3, -0.25) is 9.78 Å². The van der Waals surface area contributed by atoms with Gasteiger partial charge in [-0.05, 0) is 47.7 Å². The summed E-state index contributed by atoms with van der Waals surface area (Å²) in [5.74, 6) is -0.970. The molecule has 3 heterocycles. The number of carbonyl (C=O) groups is 1. The molecule has 1 fully saturated rings. The average molecular weight is 434 g/mol. The van der Waals surface area contributed by atoms with E-state index in [1.807, 2.05) is 0 Å². The second-order valence-corrected chi connectivity index (χ2v) is 7.56. The van der Waals surface area contributed by atoms with Crippen LogP contribution in [0.25, 0.3) is 16.8 Å². The SMILES string of the molecule is Nc1c(Br)c([C@H]2CC[C@H](C(=O)O)CC2)nc2c(-c3cncc(F)c3)cnn12. The highest BCUT2D eigenvalue weighted by atomic mass is 79.9. The topological polar surface area (TPSA) is 106 Å². The number of aromatic nitrogens is 4. The van der Waals surface area contributed by atoms with Gasteiger partial charge in [0.1, 0.15) is 11.6 Å². The van der Waals surface area contributed by atoms with Gasteiger partial charge >= 0.3 is 5.97 Å². The largest absolute Gasteiger partial charge is 0.481 e. The van der Waals surface area contributed by atoms with Crippen LogP contribution in [0.4, 0.5) is 10.2 Å². The number of aliphatic carboxylic acids is 1. The van der Waals surface area contributed by atoms with Crippen LogP contribution in [-0.4, -0.2) is 30.7 Å². The molecule has 0 aromatic carbocycles. The molecular weight excluding hydrogens is 417 g/mol. The van der Waals surface area contributed by atoms with Crippen molar-refractivity contribution in [1.82, 2.24) is 19.6 Å². The first-order valence-electron chi connectivity index (χ1n) is 8.62. The lowest BCUT2D eigenvalue weighted by Crippen LogP contribution is -2.21. The van der Waals surface area contributed by atoms with E-state index in [9.17, 15) is 14.3 Å². The third kappa shape index (κ3) is 3.16. The minimum atomic E-state index is -0.743. The quantitative estimate of drug-likeness (QED) is 0.652. The zero-order valence-corrected chi connectivity index (χ0v) is 15.9. The van der Waals surface area contributed by atoms with E-state index in [4.69, 9.17) is 10.7 Å². The van der Waals surface area contributed by atoms with Gasteiger partial charge in [0.25, 0.3) is 0 Å². The van der Waals surface area contributed by atoms with E-state index in [0.29, 0.717) is 39.9 Å². The van der Waals surface area contributed by atoms with E-state index in [0.717, 1.165) is 24.7 Å². The number of anilines is 1. The molecule has 140 valence electrons. The molecule has 0 unspecified atom stereocenters. The molecule has 9 heteroatoms. The molecule has 3 aromatic rings. The smallest absolute Gasteiger partial charge is 0.306 e. The highest BCUT2D eigenvalue weighted by Crippen LogP contribution is 2.40. The summed E-state index contributed by atoms with van der Waals surface area (Å²) in [6.45, 7) is 0. The molecule has 0 spiro atoms. The standard InChI is InChI=1S/C18H17BrFN5O2/c19-14-15(9-1-3-10(4-2-9)18(26)27)24-17-13(8-23-25(17)16(14)21)11-5-12(20)7-22-6-11/h5-10H,1-4,21H2,(H,26,27)/t9-,10-. The Morgan fingerprint density at radius 2 is 2.00 bits per heavy atom. The highest BCUT2D eigenvalue weighted by molar-refractivity contribution is 9.10. The maximum Gasteiger partial charge on any atom is 0.306 e. The summed E-state index contributed by atoms with van der Waals surface area (Å²) in [6, 6.07) is 1.38. The Bertz CT molecular complexity index is 1030. The van der Waals surface area contributed by atoms with Gasteiger partial charge in [-0.25, -0.2) is 9.37 Å². The lowest BCUT2D eigenvalue weighted by molar-refractivity contribution is -0.142. The Morgan fingerprint density at radius 1 is 1.26 bits per heavy atom. The molecule has 0 radical (unpaired) electrons. The van der Waals surface area contributed by atoms with Gasteiger partial charge in [-0.15, -0.1) is 0 Å². The van der Waals surface area contributed by atoms with E-state index in [1.54, 1.807) is 12.4 Å². The number of nitrogens with two attached hydrogens (primary N) is 1. The molecule has 0 bridgehead atoms. The number of pyridine rings is 1. The summed E-state index contributed by atoms with van der Waals surface area (Å²) in [5.41, 5.74) is 8.78. The van der Waals surface area contributed by atoms with E-state index >= 15 is 0 Å². The van der Waals surface area contributed by atoms with Crippen molar-refractivity contribution in [3.05, 3.63) is 40.6 Å². The zero-order chi connectivity index (χ0) is 19.1. The normalized spacial score (nSPS) is 20.1. The average Bonchev–Trinajstić information content (AvgIpc) is 3.09. The number of rotatable bonds is 3. The molecule has 0 amide bonds. The van der Waals surface area contributed by atoms with Crippen LogP contribution in [0, 0.1) is 11.7 Å². The van der Waals surface area contributed by atoms with Crippen LogP contribution in [0.1, 0.15) is 37.3 Å². The molecule has 27 heavy (non-hydrogen) atoms. The number of carboxylic acids is 1. The Balaban J connectivity index is 1.77. The summed E-state index contributed by atoms with van der Waals surface area (Å²) in [7, 11) is 0. The lowest BCUT2D eigenvalue weighted by Gasteiger charge is -2.26. The molecule has 0 aliphatic heterocycles. The van der Waals surface area contributed by atoms with Crippen molar-refractivity contribution in [2.75, 3.05) is 5.73 Å². The third-order valence-electron chi connectivity index (χ3n) is 5.13. The Labute approximate surface area is 162 Å². The molecule has 1 aliphatic carbocycles. The first-order chi connectivity index (χ1) is 13.0. The molecule has 1 aliphatic rings. The van der Waals surface area contributed by atoms with E-state index in [-0.39, 0.29) is 11.8 Å². The molecule has 1 saturated carbocycles. The molecule has 3 aromatic heterocycles. The van der Waals surface area contributed by atoms with Crippen molar-refractivity contribution in [3.8, 4) is 11.1 Å². The first-order valence-corrected chi connectivity index (χ1v) is 9.41. The summed E-state index contributed by atoms with van der Waals surface area (Å²) in [6.07, 6.45) is 6.95. The van der Waals surface area contributed by atoms with E-state index < -0.39 is 11.8 Å². The third-order valence-corrected chi connectivity index (χ3v) is 5.94. The van der Waals surface area contributed by atoms with E-state index in [1.165, 1.54) is 10.6 Å². The predicted octanol–water partition coefficient (Wildman–Crippen LogP) is 3.63. The van der Waals surface area contributed by atoms with Gasteiger partial charge in [-0.2, -0.15) is 9.61 Å². The van der Waals surface area contributed by atoms with Crippen LogP contribution < -0.4 is 5.73 Å². The maximum atomic E-state index is 13.6. The van der Waals surface area contributed by atoms with Gasteiger partial charge in [-0.1, -0.05) is 0 Å². The fourth-order valence-electron chi connectivity index (χ4n) is 3.66. The molecule has 0 atom stereocenters. The number of carboxylic acid groups (broad SMARTS) is 1. The molecule has 0 saturated heterocycles. The van der Waals surface area contributed by atoms with Crippen LogP contribution >= 0.6 is 15.9 Å². The van der Waals surface area contributed by atoms with Crippen molar-refractivity contribution < 1.29 is 14.3 Å². The number of halogens is 2. The number of hydrogen-bond donors (Lipinski definition) is 2. The number of nitrogen functional groups attached to an aromatic ring is 1. The first kappa shape index (κ1) is 17.8. The van der Waals surface area contributed by atoms with Gasteiger partial charge < -0.3 is 10.8 Å². The number of hydrogen-bond acceptors (Lipinski definition) is 5. The predicted molar refractivity (Wildman–Crippen MR) is 101 cm³/mol. The molecule has 3 N–H and O–H groups in total. The van der Waals surface area contributed by atoms with Gasteiger partial charge in [0.2, 0.25) is 0 Å². The summed E-state index contributed by atoms with van der Waals surface area (Å²) < 4.78 is 15.8. The monoisotopic (exact) mass is 433 g/mol. The number of fused-ring (bicyclic) bond motifs is 1. The molecule has 7 nitrogen and oxygen atoms in total. The van der Waals surface area contributed by atoms with Crippen LogP contribution in [0.5, 0.6) is 0 Å². The van der Waals surface area contributed by atoms with Gasteiger partial charge in [0.15, 0.2) is 5.65 Å². The van der Waals surface area contributed by atoms with Crippen molar-refractivity contribution >= 4 is 33.4 Å². The van der Waals surface area contributed by atoms with Crippen molar-refractivity contribution in [2.24, 2.45) is 5.92 Å². The molecular formula is C18H17BrFN5O2. The minimum absolute atomic E-state index is 0.107. The second-order valence-electron chi connectivity index (χ2n) is 6.77. The van der Waals surface area contributed by atoms with Crippen molar-refractivity contribution in [3.63, 3.8) is 0 Å². The van der Waals surface area contributed by atoms with Crippen molar-refractivity contribution in [2.45, 2.75) is 31.6 Å². The van der Waals surface area contributed by atoms with Crippen molar-refractivity contribution in [1.29, 1.82) is 0 Å². The zero-order valence-electron chi connectivity index (χ0n) is 14.3. The Morgan fingerprint density at radius 3 is 2.67 bits per heavy atom. The summed E-state index contributed by atoms with van der Waals surface area (Å²) in [4.78, 5) is 19.9. The van der Waals surface area contributed by atoms with Gasteiger partial charge in [0, 0.05) is 23.2 Å². The fraction of sp³-hybridized carbons (Fsp3) is 0.333. The van der Waals surface area contributed by atoms with Crippen LogP contribution in [0.3, 0.4) is 0 Å². The fourth-order valence-corrected chi connectivity index (χ4v) is 4.24. The Kier molecular flexibility index (Phi) is 4.55. The lowest BCUT2D eigenvalue weighted by atomic mass is 9.80. The molecule has 4 rings (SSSR count).